The molecule has 25 heavy (non-hydrogen) atoms. The van der Waals surface area contributed by atoms with Gasteiger partial charge in [-0.15, -0.1) is 0 Å². The Kier molecular flexibility index (Phi) is 6.83. The van der Waals surface area contributed by atoms with Crippen LogP contribution < -0.4 is 20.1 Å². The number of nitrogens with one attached hydrogen (secondary N) is 2. The minimum absolute atomic E-state index is 0.0883. The van der Waals surface area contributed by atoms with Crippen molar-refractivity contribution in [2.45, 2.75) is 6.42 Å². The van der Waals surface area contributed by atoms with Crippen molar-refractivity contribution in [3.63, 3.8) is 0 Å². The maximum Gasteiger partial charge on any atom is 0.255 e. The van der Waals surface area contributed by atoms with Crippen LogP contribution in [0.4, 0.5) is 0 Å². The fourth-order valence-electron chi connectivity index (χ4n) is 2.32. The first-order valence-electron chi connectivity index (χ1n) is 7.95. The lowest BCUT2D eigenvalue weighted by Gasteiger charge is -2.10. The number of carbonyl (C=O) groups is 2. The number of ether oxygens (including phenoxy) is 2. The van der Waals surface area contributed by atoms with Gasteiger partial charge in [0.05, 0.1) is 26.3 Å². The van der Waals surface area contributed by atoms with Crippen LogP contribution in [0.3, 0.4) is 0 Å². The zero-order valence-corrected chi connectivity index (χ0v) is 14.4. The summed E-state index contributed by atoms with van der Waals surface area (Å²) < 4.78 is 10.3. The normalized spacial score (nSPS) is 10.0. The highest BCUT2D eigenvalue weighted by Gasteiger charge is 2.12. The van der Waals surface area contributed by atoms with Crippen molar-refractivity contribution in [3.8, 4) is 11.5 Å². The zero-order valence-electron chi connectivity index (χ0n) is 14.4. The van der Waals surface area contributed by atoms with E-state index in [4.69, 9.17) is 9.47 Å². The van der Waals surface area contributed by atoms with Gasteiger partial charge in [0.2, 0.25) is 5.91 Å². The van der Waals surface area contributed by atoms with E-state index in [1.165, 1.54) is 7.11 Å². The molecule has 0 aliphatic carbocycles. The van der Waals surface area contributed by atoms with Crippen LogP contribution in [-0.2, 0) is 11.2 Å². The molecule has 0 aliphatic rings. The second kappa shape index (κ2) is 9.32. The quantitative estimate of drug-likeness (QED) is 0.767. The van der Waals surface area contributed by atoms with E-state index in [2.05, 4.69) is 10.6 Å². The molecule has 0 bridgehead atoms. The van der Waals surface area contributed by atoms with Gasteiger partial charge in [0.1, 0.15) is 11.5 Å². The van der Waals surface area contributed by atoms with E-state index < -0.39 is 0 Å². The van der Waals surface area contributed by atoms with Crippen LogP contribution in [0.5, 0.6) is 11.5 Å². The Hall–Kier alpha value is -3.02. The third kappa shape index (κ3) is 5.53. The Labute approximate surface area is 147 Å². The molecule has 2 N–H and O–H groups in total. The molecule has 0 unspecified atom stereocenters. The van der Waals surface area contributed by atoms with E-state index in [1.54, 1.807) is 31.4 Å². The highest BCUT2D eigenvalue weighted by atomic mass is 16.5. The minimum Gasteiger partial charge on any atom is -0.497 e. The molecule has 0 radical (unpaired) electrons. The maximum absolute atomic E-state index is 12.1. The first-order valence-corrected chi connectivity index (χ1v) is 7.95. The lowest BCUT2D eigenvalue weighted by molar-refractivity contribution is -0.120. The highest BCUT2D eigenvalue weighted by Crippen LogP contribution is 2.16. The molecule has 0 aromatic heterocycles. The number of carbonyl (C=O) groups excluding carboxylic acids is 2. The van der Waals surface area contributed by atoms with Crippen LogP contribution in [0.2, 0.25) is 0 Å². The summed E-state index contributed by atoms with van der Waals surface area (Å²) in [6, 6.07) is 14.5. The Morgan fingerprint density at radius 1 is 0.960 bits per heavy atom. The highest BCUT2D eigenvalue weighted by molar-refractivity contribution is 5.98. The van der Waals surface area contributed by atoms with Gasteiger partial charge < -0.3 is 20.1 Å². The predicted octanol–water partition coefficient (Wildman–Crippen LogP) is 1.79. The van der Waals surface area contributed by atoms with Crippen LogP contribution in [0.15, 0.2) is 48.5 Å². The van der Waals surface area contributed by atoms with Gasteiger partial charge in [-0.1, -0.05) is 24.3 Å². The average Bonchev–Trinajstić information content (AvgIpc) is 2.66. The van der Waals surface area contributed by atoms with Crippen molar-refractivity contribution in [2.24, 2.45) is 0 Å². The number of methoxy groups -OCH3 is 2. The monoisotopic (exact) mass is 342 g/mol. The summed E-state index contributed by atoms with van der Waals surface area (Å²) in [7, 11) is 3.11. The number of para-hydroxylation sites is 1. The molecule has 0 saturated heterocycles. The first kappa shape index (κ1) is 18.3. The zero-order chi connectivity index (χ0) is 18.1. The van der Waals surface area contributed by atoms with Gasteiger partial charge in [-0.3, -0.25) is 9.59 Å². The standard InChI is InChI=1S/C19H22N2O4/c1-24-15-7-5-6-14(12-15)10-11-20-18(22)13-21-19(23)16-8-3-4-9-17(16)25-2/h3-9,12H,10-11,13H2,1-2H3,(H,20,22)(H,21,23). The Balaban J connectivity index is 1.76. The molecule has 2 amide bonds. The van der Waals surface area contributed by atoms with E-state index in [0.29, 0.717) is 24.3 Å². The molecular formula is C19H22N2O4. The summed E-state index contributed by atoms with van der Waals surface area (Å²) in [6.07, 6.45) is 0.684. The molecule has 6 nitrogen and oxygen atoms in total. The summed E-state index contributed by atoms with van der Waals surface area (Å²) in [4.78, 5) is 24.0. The fraction of sp³-hybridized carbons (Fsp3) is 0.263. The van der Waals surface area contributed by atoms with Gasteiger partial charge in [-0.2, -0.15) is 0 Å². The molecular weight excluding hydrogens is 320 g/mol. The molecule has 2 rings (SSSR count). The number of amides is 2. The van der Waals surface area contributed by atoms with Gasteiger partial charge in [0.25, 0.3) is 5.91 Å². The molecule has 0 spiro atoms. The van der Waals surface area contributed by atoms with Crippen molar-refractivity contribution >= 4 is 11.8 Å². The summed E-state index contributed by atoms with van der Waals surface area (Å²) in [5.41, 5.74) is 1.46. The molecule has 6 heteroatoms. The molecule has 2 aromatic carbocycles. The van der Waals surface area contributed by atoms with E-state index >= 15 is 0 Å². The lowest BCUT2D eigenvalue weighted by atomic mass is 10.1. The SMILES string of the molecule is COc1cccc(CCNC(=O)CNC(=O)c2ccccc2OC)c1. The lowest BCUT2D eigenvalue weighted by Crippen LogP contribution is -2.37. The Morgan fingerprint density at radius 3 is 2.52 bits per heavy atom. The third-order valence-corrected chi connectivity index (χ3v) is 3.63. The average molecular weight is 342 g/mol. The van der Waals surface area contributed by atoms with Gasteiger partial charge in [-0.05, 0) is 36.2 Å². The smallest absolute Gasteiger partial charge is 0.255 e. The molecule has 0 atom stereocenters. The summed E-state index contributed by atoms with van der Waals surface area (Å²) in [5, 5.41) is 5.37. The van der Waals surface area contributed by atoms with Crippen molar-refractivity contribution in [2.75, 3.05) is 27.3 Å². The molecule has 0 aliphatic heterocycles. The van der Waals surface area contributed by atoms with Crippen molar-refractivity contribution in [1.29, 1.82) is 0 Å². The topological polar surface area (TPSA) is 76.7 Å². The summed E-state index contributed by atoms with van der Waals surface area (Å²) in [6.45, 7) is 0.394. The summed E-state index contributed by atoms with van der Waals surface area (Å²) in [5.74, 6) is 0.665. The second-order valence-corrected chi connectivity index (χ2v) is 5.33. The molecule has 0 saturated carbocycles. The van der Waals surface area contributed by atoms with E-state index in [0.717, 1.165) is 11.3 Å². The second-order valence-electron chi connectivity index (χ2n) is 5.33. The van der Waals surface area contributed by atoms with Crippen molar-refractivity contribution < 1.29 is 19.1 Å². The Bertz CT molecular complexity index is 731. The predicted molar refractivity (Wildman–Crippen MR) is 95.0 cm³/mol. The van der Waals surface area contributed by atoms with Crippen molar-refractivity contribution in [3.05, 3.63) is 59.7 Å². The van der Waals surface area contributed by atoms with Crippen LogP contribution in [0.1, 0.15) is 15.9 Å². The van der Waals surface area contributed by atoms with E-state index in [-0.39, 0.29) is 18.4 Å². The first-order chi connectivity index (χ1) is 12.1. The van der Waals surface area contributed by atoms with Crippen LogP contribution in [0.25, 0.3) is 0 Å². The minimum atomic E-state index is -0.347. The fourth-order valence-corrected chi connectivity index (χ4v) is 2.32. The third-order valence-electron chi connectivity index (χ3n) is 3.63. The number of hydrogen-bond acceptors (Lipinski definition) is 4. The van der Waals surface area contributed by atoms with E-state index in [1.807, 2.05) is 24.3 Å². The summed E-state index contributed by atoms with van der Waals surface area (Å²) >= 11 is 0. The molecule has 132 valence electrons. The van der Waals surface area contributed by atoms with Gasteiger partial charge in [-0.25, -0.2) is 0 Å². The largest absolute Gasteiger partial charge is 0.497 e. The maximum atomic E-state index is 12.1. The van der Waals surface area contributed by atoms with Gasteiger partial charge in [0.15, 0.2) is 0 Å². The van der Waals surface area contributed by atoms with Crippen LogP contribution in [-0.4, -0.2) is 39.1 Å². The number of benzene rings is 2. The molecule has 0 fully saturated rings. The van der Waals surface area contributed by atoms with Gasteiger partial charge in [0, 0.05) is 6.54 Å². The van der Waals surface area contributed by atoms with Crippen molar-refractivity contribution in [1.82, 2.24) is 10.6 Å². The van der Waals surface area contributed by atoms with Crippen LogP contribution >= 0.6 is 0 Å². The number of rotatable bonds is 8. The number of hydrogen-bond donors (Lipinski definition) is 2. The molecule has 0 heterocycles. The Morgan fingerprint density at radius 2 is 1.76 bits per heavy atom. The van der Waals surface area contributed by atoms with Crippen LogP contribution in [0, 0.1) is 0 Å². The van der Waals surface area contributed by atoms with E-state index in [9.17, 15) is 9.59 Å². The van der Waals surface area contributed by atoms with Gasteiger partial charge >= 0.3 is 0 Å². The molecule has 2 aromatic rings.